The maximum Gasteiger partial charge on any atom is 0.260 e. The number of carbonyl (C=O) groups is 1. The van der Waals surface area contributed by atoms with Gasteiger partial charge in [-0.1, -0.05) is 29.0 Å². The van der Waals surface area contributed by atoms with Gasteiger partial charge in [-0.2, -0.15) is 4.31 Å². The van der Waals surface area contributed by atoms with E-state index in [0.29, 0.717) is 21.4 Å². The Bertz CT molecular complexity index is 1500. The van der Waals surface area contributed by atoms with Crippen LogP contribution in [0.1, 0.15) is 34.5 Å². The highest BCUT2D eigenvalue weighted by Gasteiger charge is 2.35. The zero-order valence-corrected chi connectivity index (χ0v) is 21.6. The predicted molar refractivity (Wildman–Crippen MR) is 139 cm³/mol. The summed E-state index contributed by atoms with van der Waals surface area (Å²) in [5.74, 6) is -0.294. The number of aryl methyl sites for hydroxylation is 1. The molecule has 1 aliphatic carbocycles. The molecule has 1 amide bonds. The van der Waals surface area contributed by atoms with Crippen LogP contribution in [0.3, 0.4) is 0 Å². The molecule has 0 spiro atoms. The fraction of sp³-hybridized carbons (Fsp3) is 0.240. The van der Waals surface area contributed by atoms with E-state index in [4.69, 9.17) is 16.6 Å². The Kier molecular flexibility index (Phi) is 6.35. The van der Waals surface area contributed by atoms with Crippen molar-refractivity contribution in [2.75, 3.05) is 11.9 Å². The number of hydrogen-bond donors (Lipinski definition) is 0. The number of rotatable bonds is 7. The molecule has 180 valence electrons. The molecule has 1 fully saturated rings. The third-order valence-corrected chi connectivity index (χ3v) is 9.48. The number of fused-ring (bicyclic) bond motifs is 1. The number of hydrogen-bond acceptors (Lipinski definition) is 6. The molecule has 1 saturated carbocycles. The Morgan fingerprint density at radius 3 is 2.51 bits per heavy atom. The highest BCUT2D eigenvalue weighted by atomic mass is 35.5. The number of halogens is 1. The summed E-state index contributed by atoms with van der Waals surface area (Å²) in [6.45, 7) is 2.12. The van der Waals surface area contributed by atoms with Gasteiger partial charge in [-0.05, 0) is 73.9 Å². The first-order valence-corrected chi connectivity index (χ1v) is 13.7. The Labute approximate surface area is 213 Å². The van der Waals surface area contributed by atoms with Crippen LogP contribution in [0, 0.1) is 6.92 Å². The number of thiazole rings is 1. The molecule has 35 heavy (non-hydrogen) atoms. The molecule has 2 aromatic heterocycles. The van der Waals surface area contributed by atoms with Crippen molar-refractivity contribution in [2.24, 2.45) is 0 Å². The number of nitrogens with zero attached hydrogens (tertiary/aromatic N) is 4. The van der Waals surface area contributed by atoms with Crippen LogP contribution in [0.4, 0.5) is 5.13 Å². The molecule has 10 heteroatoms. The number of benzene rings is 2. The third kappa shape index (κ3) is 4.69. The molecule has 0 radical (unpaired) electrons. The summed E-state index contributed by atoms with van der Waals surface area (Å²) in [4.78, 5) is 24.5. The summed E-state index contributed by atoms with van der Waals surface area (Å²) in [5, 5.41) is 1.14. The van der Waals surface area contributed by atoms with E-state index < -0.39 is 10.0 Å². The van der Waals surface area contributed by atoms with Crippen LogP contribution < -0.4 is 4.90 Å². The van der Waals surface area contributed by atoms with Gasteiger partial charge in [0.1, 0.15) is 0 Å². The van der Waals surface area contributed by atoms with Gasteiger partial charge in [0.05, 0.1) is 27.4 Å². The zero-order chi connectivity index (χ0) is 24.7. The maximum absolute atomic E-state index is 13.7. The third-order valence-electron chi connectivity index (χ3n) is 6.10. The van der Waals surface area contributed by atoms with Gasteiger partial charge in [-0.15, -0.1) is 0 Å². The normalized spacial score (nSPS) is 13.9. The number of aromatic nitrogens is 2. The average molecular weight is 527 g/mol. The van der Waals surface area contributed by atoms with E-state index in [1.165, 1.54) is 27.8 Å². The maximum atomic E-state index is 13.7. The van der Waals surface area contributed by atoms with Gasteiger partial charge in [-0.25, -0.2) is 13.4 Å². The first kappa shape index (κ1) is 23.9. The summed E-state index contributed by atoms with van der Waals surface area (Å²) < 4.78 is 28.0. The highest BCUT2D eigenvalue weighted by Crippen LogP contribution is 2.35. The van der Waals surface area contributed by atoms with Gasteiger partial charge in [0.2, 0.25) is 10.0 Å². The van der Waals surface area contributed by atoms with Crippen molar-refractivity contribution >= 4 is 54.2 Å². The second kappa shape index (κ2) is 9.31. The summed E-state index contributed by atoms with van der Waals surface area (Å²) in [6, 6.07) is 15.4. The summed E-state index contributed by atoms with van der Waals surface area (Å²) in [7, 11) is -1.99. The van der Waals surface area contributed by atoms with Crippen LogP contribution in [0.5, 0.6) is 0 Å². The monoisotopic (exact) mass is 526 g/mol. The molecular formula is C25H23ClN4O3S2. The van der Waals surface area contributed by atoms with Gasteiger partial charge in [-0.3, -0.25) is 14.7 Å². The number of pyridine rings is 1. The average Bonchev–Trinajstić information content (AvgIpc) is 3.63. The molecule has 2 aromatic carbocycles. The molecule has 0 atom stereocenters. The summed E-state index contributed by atoms with van der Waals surface area (Å²) in [6.07, 6.45) is 3.43. The van der Waals surface area contributed by atoms with Crippen molar-refractivity contribution in [1.29, 1.82) is 0 Å². The van der Waals surface area contributed by atoms with Gasteiger partial charge < -0.3 is 0 Å². The summed E-state index contributed by atoms with van der Waals surface area (Å²) >= 11 is 7.68. The lowest BCUT2D eigenvalue weighted by molar-refractivity contribution is 0.0984. The minimum Gasteiger partial charge on any atom is -0.278 e. The topological polar surface area (TPSA) is 83.5 Å². The Balaban J connectivity index is 1.50. The molecule has 0 saturated heterocycles. The Hall–Kier alpha value is -2.85. The van der Waals surface area contributed by atoms with Crippen molar-refractivity contribution in [3.63, 3.8) is 0 Å². The van der Waals surface area contributed by atoms with Crippen LogP contribution in [0.15, 0.2) is 65.7 Å². The van der Waals surface area contributed by atoms with E-state index >= 15 is 0 Å². The molecule has 0 aliphatic heterocycles. The molecule has 0 N–H and O–H groups in total. The smallest absolute Gasteiger partial charge is 0.260 e. The second-order valence-corrected chi connectivity index (χ2v) is 11.9. The lowest BCUT2D eigenvalue weighted by Crippen LogP contribution is -2.31. The van der Waals surface area contributed by atoms with Crippen LogP contribution in [-0.4, -0.2) is 41.7 Å². The molecule has 7 nitrogen and oxygen atoms in total. The van der Waals surface area contributed by atoms with E-state index in [1.807, 2.05) is 37.3 Å². The fourth-order valence-corrected chi connectivity index (χ4v) is 6.40. The van der Waals surface area contributed by atoms with Crippen molar-refractivity contribution in [1.82, 2.24) is 14.3 Å². The lowest BCUT2D eigenvalue weighted by atomic mass is 10.2. The fourth-order valence-electron chi connectivity index (χ4n) is 3.81. The van der Waals surface area contributed by atoms with Gasteiger partial charge in [0.25, 0.3) is 5.91 Å². The van der Waals surface area contributed by atoms with E-state index in [9.17, 15) is 13.2 Å². The van der Waals surface area contributed by atoms with E-state index in [2.05, 4.69) is 4.98 Å². The number of amides is 1. The van der Waals surface area contributed by atoms with Crippen LogP contribution >= 0.6 is 22.9 Å². The first-order valence-electron chi connectivity index (χ1n) is 11.1. The van der Waals surface area contributed by atoms with Crippen LogP contribution in [0.2, 0.25) is 5.02 Å². The Morgan fingerprint density at radius 2 is 1.86 bits per heavy atom. The number of anilines is 1. The quantitative estimate of drug-likeness (QED) is 0.327. The molecule has 4 aromatic rings. The molecule has 2 heterocycles. The van der Waals surface area contributed by atoms with Gasteiger partial charge >= 0.3 is 0 Å². The first-order chi connectivity index (χ1) is 16.8. The number of sulfonamides is 1. The van der Waals surface area contributed by atoms with E-state index in [1.54, 1.807) is 30.3 Å². The largest absolute Gasteiger partial charge is 0.278 e. The molecule has 0 bridgehead atoms. The lowest BCUT2D eigenvalue weighted by Gasteiger charge is -2.20. The predicted octanol–water partition coefficient (Wildman–Crippen LogP) is 5.28. The minimum atomic E-state index is -3.59. The standard InChI is InChI=1S/C25H23ClN4O3S2/c1-16-21(26)12-13-22-23(16)28-25(34-22)30(15-18-5-3-4-14-27-18)24(31)17-6-10-20(11-7-17)35(32,33)29(2)19-8-9-19/h3-7,10-14,19H,8-9,15H2,1-2H3. The zero-order valence-electron chi connectivity index (χ0n) is 19.2. The van der Waals surface area contributed by atoms with Gasteiger partial charge in [0.15, 0.2) is 5.13 Å². The molecular weight excluding hydrogens is 504 g/mol. The molecule has 0 unspecified atom stereocenters. The summed E-state index contributed by atoms with van der Waals surface area (Å²) in [5.41, 5.74) is 2.68. The van der Waals surface area contributed by atoms with Crippen LogP contribution in [0.25, 0.3) is 10.2 Å². The number of carbonyl (C=O) groups excluding carboxylic acids is 1. The van der Waals surface area contributed by atoms with E-state index in [0.717, 1.165) is 28.6 Å². The molecule has 1 aliphatic rings. The van der Waals surface area contributed by atoms with Crippen molar-refractivity contribution < 1.29 is 13.2 Å². The van der Waals surface area contributed by atoms with Crippen molar-refractivity contribution in [2.45, 2.75) is 37.2 Å². The minimum absolute atomic E-state index is 0.0613. The second-order valence-electron chi connectivity index (χ2n) is 8.50. The van der Waals surface area contributed by atoms with Gasteiger partial charge in [0, 0.05) is 29.9 Å². The van der Waals surface area contributed by atoms with Crippen LogP contribution in [-0.2, 0) is 16.6 Å². The van der Waals surface area contributed by atoms with Crippen molar-refractivity contribution in [3.8, 4) is 0 Å². The highest BCUT2D eigenvalue weighted by molar-refractivity contribution is 7.89. The van der Waals surface area contributed by atoms with Crippen molar-refractivity contribution in [3.05, 3.63) is 82.6 Å². The van der Waals surface area contributed by atoms with E-state index in [-0.39, 0.29) is 23.4 Å². The SMILES string of the molecule is Cc1c(Cl)ccc2sc(N(Cc3ccccn3)C(=O)c3ccc(S(=O)(=O)N(C)C4CC4)cc3)nc12. The Morgan fingerprint density at radius 1 is 1.11 bits per heavy atom. The molecule has 5 rings (SSSR count).